The molecule has 0 aromatic carbocycles. The lowest BCUT2D eigenvalue weighted by Gasteiger charge is -2.36. The van der Waals surface area contributed by atoms with Gasteiger partial charge in [-0.15, -0.1) is 0 Å². The highest BCUT2D eigenvalue weighted by Gasteiger charge is 2.26. The third kappa shape index (κ3) is 5.28. The monoisotopic (exact) mass is 228 g/mol. The first kappa shape index (κ1) is 13.9. The molecule has 1 atom stereocenters. The number of nitrogens with one attached hydrogen (secondary N) is 1. The topological polar surface area (TPSA) is 35.5 Å². The first-order valence-electron chi connectivity index (χ1n) is 6.57. The molecule has 0 radical (unpaired) electrons. The molecule has 0 aliphatic carbocycles. The molecule has 0 aromatic rings. The van der Waals surface area contributed by atoms with Gasteiger partial charge in [-0.1, -0.05) is 20.8 Å². The standard InChI is InChI=1S/C13H28N2O/c1-11(2)14-9-13(4,16)10-15-7-5-12(3)6-8-15/h11-12,14,16H,5-10H2,1-4H3. The molecular weight excluding hydrogens is 200 g/mol. The van der Waals surface area contributed by atoms with Crippen molar-refractivity contribution in [3.05, 3.63) is 0 Å². The molecule has 1 saturated heterocycles. The number of hydrogen-bond donors (Lipinski definition) is 2. The zero-order valence-electron chi connectivity index (χ0n) is 11.3. The predicted octanol–water partition coefficient (Wildman–Crippen LogP) is 1.47. The van der Waals surface area contributed by atoms with Crippen molar-refractivity contribution in [3.8, 4) is 0 Å². The summed E-state index contributed by atoms with van der Waals surface area (Å²) in [5.74, 6) is 0.856. The van der Waals surface area contributed by atoms with Crippen LogP contribution >= 0.6 is 0 Å². The fourth-order valence-electron chi connectivity index (χ4n) is 2.18. The van der Waals surface area contributed by atoms with E-state index in [9.17, 15) is 5.11 Å². The molecule has 3 nitrogen and oxygen atoms in total. The molecule has 1 aliphatic rings. The van der Waals surface area contributed by atoms with Crippen molar-refractivity contribution < 1.29 is 5.11 Å². The van der Waals surface area contributed by atoms with Crippen molar-refractivity contribution in [1.29, 1.82) is 0 Å². The first-order chi connectivity index (χ1) is 7.39. The number of aliphatic hydroxyl groups is 1. The number of likely N-dealkylation sites (tertiary alicyclic amines) is 1. The van der Waals surface area contributed by atoms with Crippen LogP contribution in [0.5, 0.6) is 0 Å². The molecule has 1 unspecified atom stereocenters. The minimum atomic E-state index is -0.606. The van der Waals surface area contributed by atoms with Crippen molar-refractivity contribution >= 4 is 0 Å². The summed E-state index contributed by atoms with van der Waals surface area (Å²) in [5.41, 5.74) is -0.606. The molecule has 1 rings (SSSR count). The lowest BCUT2D eigenvalue weighted by molar-refractivity contribution is 0.00962. The average molecular weight is 228 g/mol. The Bertz CT molecular complexity index is 196. The quantitative estimate of drug-likeness (QED) is 0.748. The second kappa shape index (κ2) is 5.99. The highest BCUT2D eigenvalue weighted by atomic mass is 16.3. The molecule has 1 heterocycles. The van der Waals surface area contributed by atoms with E-state index in [-0.39, 0.29) is 0 Å². The molecule has 2 N–H and O–H groups in total. The van der Waals surface area contributed by atoms with Gasteiger partial charge in [0, 0.05) is 19.1 Å². The van der Waals surface area contributed by atoms with Crippen LogP contribution in [-0.4, -0.2) is 47.8 Å². The molecule has 96 valence electrons. The number of rotatable bonds is 5. The van der Waals surface area contributed by atoms with E-state index >= 15 is 0 Å². The van der Waals surface area contributed by atoms with E-state index in [2.05, 4.69) is 31.0 Å². The maximum atomic E-state index is 10.3. The minimum Gasteiger partial charge on any atom is -0.388 e. The fourth-order valence-corrected chi connectivity index (χ4v) is 2.18. The van der Waals surface area contributed by atoms with Crippen LogP contribution in [0.2, 0.25) is 0 Å². The maximum Gasteiger partial charge on any atom is 0.0869 e. The van der Waals surface area contributed by atoms with Crippen LogP contribution in [0.15, 0.2) is 0 Å². The van der Waals surface area contributed by atoms with Crippen molar-refractivity contribution in [1.82, 2.24) is 10.2 Å². The van der Waals surface area contributed by atoms with Gasteiger partial charge in [0.15, 0.2) is 0 Å². The molecule has 3 heteroatoms. The Balaban J connectivity index is 2.28. The van der Waals surface area contributed by atoms with Gasteiger partial charge < -0.3 is 15.3 Å². The minimum absolute atomic E-state index is 0.438. The Morgan fingerprint density at radius 3 is 2.44 bits per heavy atom. The Morgan fingerprint density at radius 2 is 1.94 bits per heavy atom. The summed E-state index contributed by atoms with van der Waals surface area (Å²) in [6.45, 7) is 12.2. The summed E-state index contributed by atoms with van der Waals surface area (Å²) in [6.07, 6.45) is 2.54. The largest absolute Gasteiger partial charge is 0.388 e. The molecule has 1 fully saturated rings. The second-order valence-electron chi connectivity index (χ2n) is 5.99. The Labute approximate surface area is 100 Å². The number of hydrogen-bond acceptors (Lipinski definition) is 3. The van der Waals surface area contributed by atoms with Crippen molar-refractivity contribution in [2.75, 3.05) is 26.2 Å². The van der Waals surface area contributed by atoms with Crippen LogP contribution in [0.4, 0.5) is 0 Å². The van der Waals surface area contributed by atoms with E-state index < -0.39 is 5.60 Å². The van der Waals surface area contributed by atoms with Crippen LogP contribution in [0.25, 0.3) is 0 Å². The zero-order chi connectivity index (χ0) is 12.2. The highest BCUT2D eigenvalue weighted by molar-refractivity contribution is 4.82. The second-order valence-corrected chi connectivity index (χ2v) is 5.99. The summed E-state index contributed by atoms with van der Waals surface area (Å²) < 4.78 is 0. The van der Waals surface area contributed by atoms with Gasteiger partial charge in [-0.25, -0.2) is 0 Å². The third-order valence-electron chi connectivity index (χ3n) is 3.33. The Hall–Kier alpha value is -0.120. The highest BCUT2D eigenvalue weighted by Crippen LogP contribution is 2.18. The summed E-state index contributed by atoms with van der Waals surface area (Å²) in [7, 11) is 0. The molecule has 0 amide bonds. The van der Waals surface area contributed by atoms with Crippen LogP contribution in [-0.2, 0) is 0 Å². The van der Waals surface area contributed by atoms with Crippen LogP contribution < -0.4 is 5.32 Å². The van der Waals surface area contributed by atoms with E-state index in [1.165, 1.54) is 12.8 Å². The molecule has 0 spiro atoms. The van der Waals surface area contributed by atoms with Crippen LogP contribution in [0.1, 0.15) is 40.5 Å². The average Bonchev–Trinajstić information content (AvgIpc) is 2.19. The Morgan fingerprint density at radius 1 is 1.38 bits per heavy atom. The summed E-state index contributed by atoms with van der Waals surface area (Å²) in [6, 6.07) is 0.438. The summed E-state index contributed by atoms with van der Waals surface area (Å²) in [5, 5.41) is 13.6. The van der Waals surface area contributed by atoms with E-state index in [4.69, 9.17) is 0 Å². The normalized spacial score (nSPS) is 23.6. The summed E-state index contributed by atoms with van der Waals surface area (Å²) >= 11 is 0. The van der Waals surface area contributed by atoms with Gasteiger partial charge in [0.1, 0.15) is 0 Å². The lowest BCUT2D eigenvalue weighted by atomic mass is 9.97. The number of β-amino-alcohol motifs (C(OH)–C–C–N with tert-alkyl or cyclic N) is 1. The van der Waals surface area contributed by atoms with Crippen molar-refractivity contribution in [2.45, 2.75) is 52.2 Å². The fraction of sp³-hybridized carbons (Fsp3) is 1.00. The van der Waals surface area contributed by atoms with Gasteiger partial charge >= 0.3 is 0 Å². The molecule has 1 aliphatic heterocycles. The predicted molar refractivity (Wildman–Crippen MR) is 68.6 cm³/mol. The smallest absolute Gasteiger partial charge is 0.0869 e. The SMILES string of the molecule is CC1CCN(CC(C)(O)CNC(C)C)CC1. The van der Waals surface area contributed by atoms with Crippen LogP contribution in [0, 0.1) is 5.92 Å². The number of nitrogens with zero attached hydrogens (tertiary/aromatic N) is 1. The van der Waals surface area contributed by atoms with Crippen molar-refractivity contribution in [2.24, 2.45) is 5.92 Å². The zero-order valence-corrected chi connectivity index (χ0v) is 11.3. The number of piperidine rings is 1. The molecule has 0 saturated carbocycles. The summed E-state index contributed by atoms with van der Waals surface area (Å²) in [4.78, 5) is 2.39. The van der Waals surface area contributed by atoms with Gasteiger partial charge in [0.2, 0.25) is 0 Å². The molecule has 16 heavy (non-hydrogen) atoms. The van der Waals surface area contributed by atoms with E-state index in [1.54, 1.807) is 0 Å². The molecule has 0 aromatic heterocycles. The van der Waals surface area contributed by atoms with Gasteiger partial charge in [0.25, 0.3) is 0 Å². The van der Waals surface area contributed by atoms with Gasteiger partial charge in [-0.05, 0) is 38.8 Å². The lowest BCUT2D eigenvalue weighted by Crippen LogP contribution is -2.50. The first-order valence-corrected chi connectivity index (χ1v) is 6.57. The molecule has 0 bridgehead atoms. The Kier molecular flexibility index (Phi) is 5.22. The maximum absolute atomic E-state index is 10.3. The van der Waals surface area contributed by atoms with Gasteiger partial charge in [-0.3, -0.25) is 0 Å². The van der Waals surface area contributed by atoms with Gasteiger partial charge in [0.05, 0.1) is 5.60 Å². The third-order valence-corrected chi connectivity index (χ3v) is 3.33. The van der Waals surface area contributed by atoms with Crippen molar-refractivity contribution in [3.63, 3.8) is 0 Å². The van der Waals surface area contributed by atoms with E-state index in [0.29, 0.717) is 12.6 Å². The van der Waals surface area contributed by atoms with E-state index in [1.807, 2.05) is 6.92 Å². The van der Waals surface area contributed by atoms with E-state index in [0.717, 1.165) is 25.6 Å². The molecular formula is C13H28N2O. The van der Waals surface area contributed by atoms with Crippen LogP contribution in [0.3, 0.4) is 0 Å². The van der Waals surface area contributed by atoms with Gasteiger partial charge in [-0.2, -0.15) is 0 Å².